The molecule has 0 aromatic heterocycles. The van der Waals surface area contributed by atoms with E-state index in [1.807, 2.05) is 5.43 Å². The van der Waals surface area contributed by atoms with Crippen LogP contribution in [0.25, 0.3) is 0 Å². The van der Waals surface area contributed by atoms with Crippen molar-refractivity contribution in [2.45, 2.75) is 143 Å². The number of hydrazine groups is 2. The summed E-state index contributed by atoms with van der Waals surface area (Å²) in [5.41, 5.74) is 5.02. The van der Waals surface area contributed by atoms with Gasteiger partial charge in [-0.2, -0.15) is 0 Å². The summed E-state index contributed by atoms with van der Waals surface area (Å²) in [4.78, 5) is 74.1. The van der Waals surface area contributed by atoms with Crippen molar-refractivity contribution in [1.29, 1.82) is 0 Å². The quantitative estimate of drug-likeness (QED) is 0.0353. The predicted octanol–water partition coefficient (Wildman–Crippen LogP) is -10.5. The van der Waals surface area contributed by atoms with E-state index in [0.29, 0.717) is 0 Å². The number of amides is 5. The number of aliphatic carboxylic acids is 1. The Morgan fingerprint density at radius 3 is 1.56 bits per heavy atom. The fraction of sp³-hybridized carbons (Fsp3) is 0.812. The second-order valence-electron chi connectivity index (χ2n) is 14.3. The number of carboxylic acid groups (broad SMARTS) is 1. The number of hydrogen-bond acceptors (Lipinski definition) is 23. The normalized spacial score (nSPS) is 41.5. The van der Waals surface area contributed by atoms with E-state index >= 15 is 0 Å². The Balaban J connectivity index is 1.71. The third-order valence-corrected chi connectivity index (χ3v) is 10.1. The highest BCUT2D eigenvalue weighted by molar-refractivity contribution is 6.34. The van der Waals surface area contributed by atoms with Gasteiger partial charge in [0, 0.05) is 21.0 Å². The van der Waals surface area contributed by atoms with Gasteiger partial charge in [-0.3, -0.25) is 40.3 Å². The van der Waals surface area contributed by atoms with Crippen LogP contribution >= 0.6 is 0 Å². The van der Waals surface area contributed by atoms with Crippen LogP contribution in [0, 0.1) is 0 Å². The number of nitrogens with one attached hydrogen (secondary N) is 5. The van der Waals surface area contributed by atoms with E-state index in [1.54, 1.807) is 5.43 Å². The number of carboxylic acids is 1. The molecule has 5 amide bonds. The maximum Gasteiger partial charge on any atom is 0.335 e. The van der Waals surface area contributed by atoms with Gasteiger partial charge in [-0.05, 0) is 6.92 Å². The molecule has 348 valence electrons. The first-order valence-electron chi connectivity index (χ1n) is 18.5. The second kappa shape index (κ2) is 21.5. The van der Waals surface area contributed by atoms with Crippen LogP contribution in [-0.4, -0.2) is 224 Å². The fourth-order valence-electron chi connectivity index (χ4n) is 7.12. The SMILES string of the molecule is COC1C(C(=O)O)OC(OC2C(O)C(CO)OC(OC3C(C(=O)NNC(=O)C(=O)NN)OC(OC4C(O)C(CO)OC(C)C4NC(C)=O)C(O)C3O)C2NC(C)=O)C(O)C1O. The zero-order valence-corrected chi connectivity index (χ0v) is 32.8. The predicted molar refractivity (Wildman–Crippen MR) is 187 cm³/mol. The Hall–Kier alpha value is -3.86. The second-order valence-corrected chi connectivity index (χ2v) is 14.3. The first-order valence-corrected chi connectivity index (χ1v) is 18.5. The van der Waals surface area contributed by atoms with Gasteiger partial charge in [0.25, 0.3) is 5.91 Å². The van der Waals surface area contributed by atoms with Crippen LogP contribution in [0.3, 0.4) is 0 Å². The summed E-state index contributed by atoms with van der Waals surface area (Å²) in [5, 5.41) is 101. The van der Waals surface area contributed by atoms with Crippen LogP contribution in [0.4, 0.5) is 0 Å². The number of carbonyl (C=O) groups is 6. The Kier molecular flexibility index (Phi) is 17.5. The summed E-state index contributed by atoms with van der Waals surface area (Å²) in [6, 6.07) is -3.03. The molecule has 4 fully saturated rings. The molecule has 0 radical (unpaired) electrons. The van der Waals surface area contributed by atoms with Crippen LogP contribution in [0.1, 0.15) is 20.8 Å². The maximum atomic E-state index is 13.7. The number of nitrogens with two attached hydrogens (primary N) is 1. The molecule has 0 aromatic rings. The van der Waals surface area contributed by atoms with Gasteiger partial charge in [0.1, 0.15) is 79.3 Å². The minimum atomic E-state index is -2.33. The monoisotopic (exact) mass is 888 g/mol. The van der Waals surface area contributed by atoms with Crippen LogP contribution < -0.4 is 32.8 Å². The summed E-state index contributed by atoms with van der Waals surface area (Å²) in [6.45, 7) is 1.76. The lowest BCUT2D eigenvalue weighted by molar-refractivity contribution is -0.365. The van der Waals surface area contributed by atoms with Crippen LogP contribution in [0.5, 0.6) is 0 Å². The van der Waals surface area contributed by atoms with E-state index in [9.17, 15) is 74.7 Å². The fourth-order valence-corrected chi connectivity index (χ4v) is 7.12. The first-order chi connectivity index (χ1) is 28.7. The molecule has 4 heterocycles. The Bertz CT molecular complexity index is 1570. The maximum absolute atomic E-state index is 13.7. The lowest BCUT2D eigenvalue weighted by Gasteiger charge is -2.50. The van der Waals surface area contributed by atoms with Gasteiger partial charge in [-0.1, -0.05) is 0 Å². The molecular formula is C32H52N6O23. The smallest absolute Gasteiger partial charge is 0.335 e. The number of methoxy groups -OCH3 is 1. The molecule has 0 saturated carbocycles. The number of carbonyl (C=O) groups excluding carboxylic acids is 5. The van der Waals surface area contributed by atoms with E-state index in [0.717, 1.165) is 21.0 Å². The van der Waals surface area contributed by atoms with Gasteiger partial charge >= 0.3 is 17.8 Å². The molecule has 20 atom stereocenters. The summed E-state index contributed by atoms with van der Waals surface area (Å²) in [7, 11) is 1.03. The average Bonchev–Trinajstić information content (AvgIpc) is 3.21. The molecule has 61 heavy (non-hydrogen) atoms. The van der Waals surface area contributed by atoms with Crippen molar-refractivity contribution in [2.75, 3.05) is 20.3 Å². The van der Waals surface area contributed by atoms with Gasteiger partial charge in [-0.15, -0.1) is 0 Å². The van der Waals surface area contributed by atoms with Gasteiger partial charge in [0.2, 0.25) is 11.8 Å². The Labute approximate surface area is 344 Å². The van der Waals surface area contributed by atoms with Crippen LogP contribution in [0.15, 0.2) is 0 Å². The van der Waals surface area contributed by atoms with E-state index < -0.39 is 171 Å². The zero-order valence-electron chi connectivity index (χ0n) is 32.8. The van der Waals surface area contributed by atoms with E-state index in [2.05, 4.69) is 10.6 Å². The van der Waals surface area contributed by atoms with Crippen LogP contribution in [0.2, 0.25) is 0 Å². The Morgan fingerprint density at radius 2 is 1.07 bits per heavy atom. The number of rotatable bonds is 13. The van der Waals surface area contributed by atoms with E-state index in [1.165, 1.54) is 12.3 Å². The van der Waals surface area contributed by atoms with Crippen molar-refractivity contribution in [1.82, 2.24) is 26.9 Å². The van der Waals surface area contributed by atoms with Crippen molar-refractivity contribution in [3.05, 3.63) is 0 Å². The topological polar surface area (TPSA) is 445 Å². The lowest BCUT2D eigenvalue weighted by Crippen LogP contribution is -2.71. The minimum absolute atomic E-state index is 0.631. The minimum Gasteiger partial charge on any atom is -0.479 e. The zero-order chi connectivity index (χ0) is 45.6. The molecule has 20 unspecified atom stereocenters. The summed E-state index contributed by atoms with van der Waals surface area (Å²) < 4.78 is 44.8. The van der Waals surface area contributed by atoms with Gasteiger partial charge in [-0.25, -0.2) is 10.6 Å². The highest BCUT2D eigenvalue weighted by Gasteiger charge is 2.57. The summed E-state index contributed by atoms with van der Waals surface area (Å²) in [5.74, 6) is -2.65. The molecule has 0 aliphatic carbocycles. The molecule has 0 aromatic carbocycles. The van der Waals surface area contributed by atoms with Crippen molar-refractivity contribution in [3.63, 3.8) is 0 Å². The number of hydrogen-bond donors (Lipinski definition) is 15. The van der Waals surface area contributed by atoms with Gasteiger partial charge in [0.15, 0.2) is 31.1 Å². The van der Waals surface area contributed by atoms with Crippen molar-refractivity contribution >= 4 is 35.5 Å². The molecule has 4 rings (SSSR count). The van der Waals surface area contributed by atoms with Crippen LogP contribution in [-0.2, 0) is 66.7 Å². The molecular weight excluding hydrogens is 836 g/mol. The third kappa shape index (κ3) is 11.2. The third-order valence-electron chi connectivity index (χ3n) is 10.1. The molecule has 0 bridgehead atoms. The Morgan fingerprint density at radius 1 is 0.590 bits per heavy atom. The highest BCUT2D eigenvalue weighted by atomic mass is 16.8. The average molecular weight is 889 g/mol. The van der Waals surface area contributed by atoms with Crippen molar-refractivity contribution in [2.24, 2.45) is 5.84 Å². The standard InChI is InChI=1S/C32H52N6O23/c1-7-12(34-8(2)41)20(14(43)10(5-39)55-7)57-31-19(48)17(46)23(24(60-31)26(49)37-38-28(51)27(50)36-33)59-30-13(35-9(3)42)21(15(44)11(6-40)56-30)58-32-18(47)16(45)22(54-4)25(61-32)29(52)53/h7,10-25,30-32,39-40,43-48H,5-6,33H2,1-4H3,(H,34,41)(H,35,42)(H,36,50)(H,37,49)(H,38,51)(H,52,53). The molecule has 16 N–H and O–H groups in total. The summed E-state index contributed by atoms with van der Waals surface area (Å²) in [6.07, 6.45) is -34.2. The molecule has 0 spiro atoms. The van der Waals surface area contributed by atoms with E-state index in [4.69, 9.17) is 43.7 Å². The highest BCUT2D eigenvalue weighted by Crippen LogP contribution is 2.35. The van der Waals surface area contributed by atoms with Crippen molar-refractivity contribution in [3.8, 4) is 0 Å². The molecule has 29 nitrogen and oxygen atoms in total. The van der Waals surface area contributed by atoms with E-state index in [-0.39, 0.29) is 0 Å². The van der Waals surface area contributed by atoms with Crippen molar-refractivity contribution < 1.29 is 113 Å². The molecule has 4 aliphatic heterocycles. The number of aliphatic hydroxyl groups excluding tert-OH is 8. The van der Waals surface area contributed by atoms with Gasteiger partial charge < -0.3 is 94.5 Å². The number of ether oxygens (including phenoxy) is 8. The number of aliphatic hydroxyl groups is 8. The first kappa shape index (κ1) is 49.8. The molecule has 4 saturated heterocycles. The summed E-state index contributed by atoms with van der Waals surface area (Å²) >= 11 is 0. The van der Waals surface area contributed by atoms with Gasteiger partial charge in [0.05, 0.1) is 25.4 Å². The largest absolute Gasteiger partial charge is 0.479 e. The molecule has 29 heteroatoms. The molecule has 4 aliphatic rings. The lowest BCUT2D eigenvalue weighted by atomic mass is 9.92.